The van der Waals surface area contributed by atoms with E-state index in [1.807, 2.05) is 0 Å². The predicted octanol–water partition coefficient (Wildman–Crippen LogP) is 1.94. The molecule has 1 saturated carbocycles. The van der Waals surface area contributed by atoms with E-state index in [0.29, 0.717) is 23.8 Å². The van der Waals surface area contributed by atoms with E-state index in [9.17, 15) is 9.59 Å². The number of carbonyl (C=O) groups excluding carboxylic acids is 1. The molecule has 1 aromatic heterocycles. The first-order valence-electron chi connectivity index (χ1n) is 6.04. The maximum absolute atomic E-state index is 11.6. The summed E-state index contributed by atoms with van der Waals surface area (Å²) in [5.41, 5.74) is 0.999. The Kier molecular flexibility index (Phi) is 3.55. The quantitative estimate of drug-likeness (QED) is 0.658. The number of urea groups is 1. The lowest BCUT2D eigenvalue weighted by molar-refractivity contribution is 0.0692. The molecule has 4 N–H and O–H groups in total. The lowest BCUT2D eigenvalue weighted by atomic mass is 9.85. The molecule has 1 aliphatic rings. The third-order valence-corrected chi connectivity index (χ3v) is 3.19. The second-order valence-electron chi connectivity index (χ2n) is 4.68. The van der Waals surface area contributed by atoms with Crippen molar-refractivity contribution < 1.29 is 14.7 Å². The first kappa shape index (κ1) is 12.5. The van der Waals surface area contributed by atoms with Crippen LogP contribution in [-0.2, 0) is 0 Å². The Balaban J connectivity index is 1.91. The van der Waals surface area contributed by atoms with Gasteiger partial charge in [-0.25, -0.2) is 9.59 Å². The van der Waals surface area contributed by atoms with Gasteiger partial charge in [-0.2, -0.15) is 0 Å². The van der Waals surface area contributed by atoms with E-state index in [-0.39, 0.29) is 11.7 Å². The van der Waals surface area contributed by atoms with Gasteiger partial charge in [0, 0.05) is 12.2 Å². The van der Waals surface area contributed by atoms with Crippen LogP contribution in [-0.4, -0.2) is 28.6 Å². The van der Waals surface area contributed by atoms with Crippen LogP contribution < -0.4 is 10.6 Å². The Morgan fingerprint density at radius 2 is 2.22 bits per heavy atom. The molecule has 2 rings (SSSR count). The number of amides is 2. The van der Waals surface area contributed by atoms with Crippen molar-refractivity contribution in [3.05, 3.63) is 17.5 Å². The highest BCUT2D eigenvalue weighted by Gasteiger charge is 2.19. The Morgan fingerprint density at radius 1 is 1.50 bits per heavy atom. The predicted molar refractivity (Wildman–Crippen MR) is 66.9 cm³/mol. The second kappa shape index (κ2) is 5.12. The molecule has 1 aliphatic carbocycles. The van der Waals surface area contributed by atoms with Crippen molar-refractivity contribution in [2.75, 3.05) is 11.9 Å². The van der Waals surface area contributed by atoms with Crippen LogP contribution in [0.1, 0.15) is 35.4 Å². The number of aromatic nitrogens is 1. The maximum atomic E-state index is 11.6. The van der Waals surface area contributed by atoms with Crippen LogP contribution in [0.25, 0.3) is 0 Å². The van der Waals surface area contributed by atoms with Crippen LogP contribution in [0.2, 0.25) is 0 Å². The third-order valence-electron chi connectivity index (χ3n) is 3.19. The van der Waals surface area contributed by atoms with E-state index >= 15 is 0 Å². The highest BCUT2D eigenvalue weighted by atomic mass is 16.4. The Bertz CT molecular complexity index is 463. The number of aromatic carboxylic acids is 1. The zero-order valence-electron chi connectivity index (χ0n) is 10.2. The van der Waals surface area contributed by atoms with Gasteiger partial charge in [-0.05, 0) is 31.7 Å². The number of carboxylic acid groups (broad SMARTS) is 1. The molecule has 0 saturated heterocycles. The van der Waals surface area contributed by atoms with Gasteiger partial charge >= 0.3 is 12.0 Å². The summed E-state index contributed by atoms with van der Waals surface area (Å²) < 4.78 is 0. The van der Waals surface area contributed by atoms with Crippen molar-refractivity contribution in [1.29, 1.82) is 0 Å². The molecule has 1 aromatic rings. The topological polar surface area (TPSA) is 94.2 Å². The Hall–Kier alpha value is -1.98. The van der Waals surface area contributed by atoms with Gasteiger partial charge in [-0.15, -0.1) is 0 Å². The summed E-state index contributed by atoms with van der Waals surface area (Å²) >= 11 is 0. The molecular weight excluding hydrogens is 234 g/mol. The van der Waals surface area contributed by atoms with E-state index in [1.54, 1.807) is 13.0 Å². The first-order valence-corrected chi connectivity index (χ1v) is 6.04. The number of hydrogen-bond acceptors (Lipinski definition) is 2. The number of rotatable bonds is 4. The normalized spacial score (nSPS) is 14.9. The highest BCUT2D eigenvalue weighted by Crippen LogP contribution is 2.25. The number of anilines is 1. The number of H-pyrrole nitrogens is 1. The molecule has 0 spiro atoms. The molecule has 1 heterocycles. The van der Waals surface area contributed by atoms with Crippen molar-refractivity contribution in [3.63, 3.8) is 0 Å². The zero-order chi connectivity index (χ0) is 13.1. The standard InChI is InChI=1S/C12H17N3O3/c1-7-5-9(10(14-7)11(16)17)15-12(18)13-6-8-3-2-4-8/h5,8,14H,2-4,6H2,1H3,(H,16,17)(H2,13,15,18). The minimum Gasteiger partial charge on any atom is -0.477 e. The lowest BCUT2D eigenvalue weighted by Crippen LogP contribution is -2.35. The van der Waals surface area contributed by atoms with Crippen LogP contribution in [0.5, 0.6) is 0 Å². The van der Waals surface area contributed by atoms with E-state index in [4.69, 9.17) is 5.11 Å². The number of carbonyl (C=O) groups is 2. The average Bonchev–Trinajstić information content (AvgIpc) is 2.57. The van der Waals surface area contributed by atoms with Gasteiger partial charge in [0.15, 0.2) is 0 Å². The van der Waals surface area contributed by atoms with Gasteiger partial charge in [0.2, 0.25) is 0 Å². The molecule has 0 radical (unpaired) electrons. The fraction of sp³-hybridized carbons (Fsp3) is 0.500. The summed E-state index contributed by atoms with van der Waals surface area (Å²) in [6.07, 6.45) is 3.54. The molecule has 6 nitrogen and oxygen atoms in total. The number of hydrogen-bond donors (Lipinski definition) is 4. The summed E-state index contributed by atoms with van der Waals surface area (Å²) in [5.74, 6) is -0.514. The SMILES string of the molecule is Cc1cc(NC(=O)NCC2CCC2)c(C(=O)O)[nH]1. The minimum atomic E-state index is -1.09. The van der Waals surface area contributed by atoms with Crippen LogP contribution in [0.15, 0.2) is 6.07 Å². The van der Waals surface area contributed by atoms with Gasteiger partial charge in [0.25, 0.3) is 0 Å². The van der Waals surface area contributed by atoms with Crippen LogP contribution >= 0.6 is 0 Å². The fourth-order valence-corrected chi connectivity index (χ4v) is 1.96. The summed E-state index contributed by atoms with van der Waals surface area (Å²) in [6, 6.07) is 1.25. The molecule has 6 heteroatoms. The van der Waals surface area contributed by atoms with Crippen molar-refractivity contribution in [2.45, 2.75) is 26.2 Å². The van der Waals surface area contributed by atoms with Crippen molar-refractivity contribution in [1.82, 2.24) is 10.3 Å². The highest BCUT2D eigenvalue weighted by molar-refractivity contribution is 5.99. The summed E-state index contributed by atoms with van der Waals surface area (Å²) in [7, 11) is 0. The van der Waals surface area contributed by atoms with Crippen LogP contribution in [0.3, 0.4) is 0 Å². The van der Waals surface area contributed by atoms with Gasteiger partial charge < -0.3 is 20.7 Å². The fourth-order valence-electron chi connectivity index (χ4n) is 1.96. The molecule has 0 unspecified atom stereocenters. The maximum Gasteiger partial charge on any atom is 0.354 e. The smallest absolute Gasteiger partial charge is 0.354 e. The molecule has 0 atom stereocenters. The van der Waals surface area contributed by atoms with E-state index in [0.717, 1.165) is 12.8 Å². The van der Waals surface area contributed by atoms with E-state index < -0.39 is 5.97 Å². The van der Waals surface area contributed by atoms with Crippen molar-refractivity contribution in [2.24, 2.45) is 5.92 Å². The van der Waals surface area contributed by atoms with E-state index in [2.05, 4.69) is 15.6 Å². The summed E-state index contributed by atoms with van der Waals surface area (Å²) in [6.45, 7) is 2.39. The Morgan fingerprint density at radius 3 is 2.78 bits per heavy atom. The van der Waals surface area contributed by atoms with Gasteiger partial charge in [-0.3, -0.25) is 0 Å². The van der Waals surface area contributed by atoms with Gasteiger partial charge in [-0.1, -0.05) is 6.42 Å². The first-order chi connectivity index (χ1) is 8.56. The molecular formula is C12H17N3O3. The lowest BCUT2D eigenvalue weighted by Gasteiger charge is -2.25. The molecule has 1 fully saturated rings. The van der Waals surface area contributed by atoms with Gasteiger partial charge in [0.05, 0.1) is 5.69 Å². The molecule has 98 valence electrons. The number of carboxylic acids is 1. The van der Waals surface area contributed by atoms with Crippen molar-refractivity contribution >= 4 is 17.7 Å². The number of aromatic amines is 1. The van der Waals surface area contributed by atoms with E-state index in [1.165, 1.54) is 6.42 Å². The van der Waals surface area contributed by atoms with Crippen LogP contribution in [0.4, 0.5) is 10.5 Å². The second-order valence-corrected chi connectivity index (χ2v) is 4.68. The zero-order valence-corrected chi connectivity index (χ0v) is 10.2. The Labute approximate surface area is 105 Å². The summed E-state index contributed by atoms with van der Waals surface area (Å²) in [4.78, 5) is 25.2. The molecule has 0 aromatic carbocycles. The van der Waals surface area contributed by atoms with Gasteiger partial charge in [0.1, 0.15) is 5.69 Å². The molecule has 2 amide bonds. The van der Waals surface area contributed by atoms with Crippen LogP contribution in [0, 0.1) is 12.8 Å². The number of aryl methyl sites for hydroxylation is 1. The number of nitrogens with one attached hydrogen (secondary N) is 3. The minimum absolute atomic E-state index is 0.00583. The summed E-state index contributed by atoms with van der Waals surface area (Å²) in [5, 5.41) is 14.3. The largest absolute Gasteiger partial charge is 0.477 e. The van der Waals surface area contributed by atoms with Crippen molar-refractivity contribution in [3.8, 4) is 0 Å². The third kappa shape index (κ3) is 2.82. The molecule has 0 aliphatic heterocycles. The average molecular weight is 251 g/mol. The molecule has 0 bridgehead atoms. The monoisotopic (exact) mass is 251 g/mol. The molecule has 18 heavy (non-hydrogen) atoms.